The molecule has 5 heteroatoms. The van der Waals surface area contributed by atoms with Crippen molar-refractivity contribution in [3.8, 4) is 0 Å². The fourth-order valence-corrected chi connectivity index (χ4v) is 3.61. The Morgan fingerprint density at radius 3 is 2.62 bits per heavy atom. The van der Waals surface area contributed by atoms with Crippen LogP contribution in [0.2, 0.25) is 0 Å². The Morgan fingerprint density at radius 2 is 2.05 bits per heavy atom. The number of anilines is 1. The minimum atomic E-state index is -0.634. The lowest BCUT2D eigenvalue weighted by molar-refractivity contribution is -0.145. The van der Waals surface area contributed by atoms with Crippen LogP contribution in [0.1, 0.15) is 26.2 Å². The van der Waals surface area contributed by atoms with E-state index in [9.17, 15) is 4.79 Å². The number of ether oxygens (including phenoxy) is 1. The Morgan fingerprint density at radius 1 is 1.38 bits per heavy atom. The molecule has 4 nitrogen and oxygen atoms in total. The lowest BCUT2D eigenvalue weighted by Crippen LogP contribution is -2.49. The van der Waals surface area contributed by atoms with Crippen molar-refractivity contribution >= 4 is 27.6 Å². The Balaban J connectivity index is 1.84. The molecule has 0 bridgehead atoms. The average molecular weight is 353 g/mol. The van der Waals surface area contributed by atoms with Crippen LogP contribution in [-0.4, -0.2) is 42.1 Å². The zero-order valence-corrected chi connectivity index (χ0v) is 14.0. The van der Waals surface area contributed by atoms with Gasteiger partial charge in [-0.25, -0.2) is 4.79 Å². The predicted molar refractivity (Wildman–Crippen MR) is 86.3 cm³/mol. The first kappa shape index (κ1) is 14.9. The number of esters is 1. The van der Waals surface area contributed by atoms with Crippen LogP contribution < -0.4 is 5.32 Å². The normalized spacial score (nSPS) is 29.4. The van der Waals surface area contributed by atoms with Crippen molar-refractivity contribution in [2.45, 2.75) is 43.8 Å². The fourth-order valence-electron chi connectivity index (χ4n) is 3.34. The minimum absolute atomic E-state index is 0.166. The van der Waals surface area contributed by atoms with Crippen LogP contribution in [0.3, 0.4) is 0 Å². The number of hydrogen-bond acceptors (Lipinski definition) is 4. The molecule has 1 saturated heterocycles. The van der Waals surface area contributed by atoms with Gasteiger partial charge in [0.2, 0.25) is 0 Å². The molecule has 1 aliphatic heterocycles. The summed E-state index contributed by atoms with van der Waals surface area (Å²) in [6.07, 6.45) is 3.28. The summed E-state index contributed by atoms with van der Waals surface area (Å²) in [4.78, 5) is 14.9. The van der Waals surface area contributed by atoms with E-state index in [-0.39, 0.29) is 5.97 Å². The van der Waals surface area contributed by atoms with Gasteiger partial charge < -0.3 is 10.1 Å². The molecule has 3 rings (SSSR count). The van der Waals surface area contributed by atoms with Crippen molar-refractivity contribution < 1.29 is 9.53 Å². The molecule has 1 aromatic carbocycles. The van der Waals surface area contributed by atoms with Crippen molar-refractivity contribution in [2.75, 3.05) is 19.0 Å². The van der Waals surface area contributed by atoms with Crippen LogP contribution in [0.5, 0.6) is 0 Å². The Hall–Kier alpha value is -1.07. The van der Waals surface area contributed by atoms with Crippen molar-refractivity contribution in [3.05, 3.63) is 28.7 Å². The molecule has 2 fully saturated rings. The predicted octanol–water partition coefficient (Wildman–Crippen LogP) is 3.03. The molecule has 1 N–H and O–H groups in total. The lowest BCUT2D eigenvalue weighted by Gasteiger charge is -2.29. The number of carbonyl (C=O) groups is 1. The molecule has 2 unspecified atom stereocenters. The van der Waals surface area contributed by atoms with Crippen molar-refractivity contribution in [1.82, 2.24) is 4.90 Å². The van der Waals surface area contributed by atoms with Gasteiger partial charge in [-0.1, -0.05) is 15.9 Å². The number of halogens is 1. The van der Waals surface area contributed by atoms with Gasteiger partial charge in [-0.2, -0.15) is 0 Å². The molecule has 0 amide bonds. The second-order valence-electron chi connectivity index (χ2n) is 6.16. The van der Waals surface area contributed by atoms with Crippen LogP contribution in [0.25, 0.3) is 0 Å². The summed E-state index contributed by atoms with van der Waals surface area (Å²) in [6.45, 7) is 2.92. The third-order valence-corrected chi connectivity index (χ3v) is 5.01. The zero-order valence-electron chi connectivity index (χ0n) is 12.4. The first-order valence-electron chi connectivity index (χ1n) is 7.42. The molecule has 1 aliphatic carbocycles. The first-order chi connectivity index (χ1) is 10.0. The van der Waals surface area contributed by atoms with E-state index in [0.29, 0.717) is 12.1 Å². The molecule has 1 aromatic rings. The number of likely N-dealkylation sites (tertiary alicyclic amines) is 1. The molecule has 0 spiro atoms. The summed E-state index contributed by atoms with van der Waals surface area (Å²) in [5.74, 6) is -0.166. The van der Waals surface area contributed by atoms with E-state index in [1.165, 1.54) is 20.0 Å². The van der Waals surface area contributed by atoms with Crippen molar-refractivity contribution in [1.29, 1.82) is 0 Å². The minimum Gasteiger partial charge on any atom is -0.467 e. The van der Waals surface area contributed by atoms with Crippen LogP contribution >= 0.6 is 15.9 Å². The molecule has 21 heavy (non-hydrogen) atoms. The third kappa shape index (κ3) is 2.94. The first-order valence-corrected chi connectivity index (χ1v) is 8.21. The monoisotopic (exact) mass is 352 g/mol. The molecule has 0 aromatic heterocycles. The van der Waals surface area contributed by atoms with Crippen molar-refractivity contribution in [2.24, 2.45) is 0 Å². The number of benzene rings is 1. The summed E-state index contributed by atoms with van der Waals surface area (Å²) in [6, 6.07) is 8.98. The highest BCUT2D eigenvalue weighted by molar-refractivity contribution is 9.10. The molecular weight excluding hydrogens is 332 g/mol. The topological polar surface area (TPSA) is 41.6 Å². The van der Waals surface area contributed by atoms with Gasteiger partial charge in [-0.3, -0.25) is 4.90 Å². The summed E-state index contributed by atoms with van der Waals surface area (Å²) in [7, 11) is 1.47. The molecule has 114 valence electrons. The van der Waals surface area contributed by atoms with Gasteiger partial charge in [-0.05, 0) is 50.5 Å². The Kier molecular flexibility index (Phi) is 3.97. The maximum atomic E-state index is 12.4. The summed E-state index contributed by atoms with van der Waals surface area (Å²) < 4.78 is 6.12. The fraction of sp³-hybridized carbons (Fsp3) is 0.562. The largest absolute Gasteiger partial charge is 0.467 e. The third-order valence-electron chi connectivity index (χ3n) is 4.48. The molecule has 2 aliphatic rings. The van der Waals surface area contributed by atoms with Crippen LogP contribution in [0, 0.1) is 0 Å². The second-order valence-corrected chi connectivity index (χ2v) is 7.08. The Labute approximate surface area is 134 Å². The van der Waals surface area contributed by atoms with E-state index in [2.05, 4.69) is 33.1 Å². The summed E-state index contributed by atoms with van der Waals surface area (Å²) in [5, 5.41) is 3.44. The van der Waals surface area contributed by atoms with Gasteiger partial charge in [0, 0.05) is 28.8 Å². The van der Waals surface area contributed by atoms with Gasteiger partial charge in [0.25, 0.3) is 0 Å². The van der Waals surface area contributed by atoms with Gasteiger partial charge in [0.15, 0.2) is 0 Å². The maximum absolute atomic E-state index is 12.4. The number of methoxy groups -OCH3 is 1. The van der Waals surface area contributed by atoms with E-state index in [1.807, 2.05) is 24.3 Å². The molecule has 0 radical (unpaired) electrons. The maximum Gasteiger partial charge on any atom is 0.332 e. The zero-order chi connectivity index (χ0) is 15.0. The number of carbonyl (C=O) groups excluding carboxylic acids is 1. The average Bonchev–Trinajstić information content (AvgIpc) is 3.26. The summed E-state index contributed by atoms with van der Waals surface area (Å²) in [5.41, 5.74) is 0.318. The molecule has 1 saturated carbocycles. The second kappa shape index (κ2) is 5.61. The lowest BCUT2D eigenvalue weighted by atomic mass is 9.95. The molecular formula is C16H21BrN2O2. The number of hydrogen-bond donors (Lipinski definition) is 1. The molecule has 1 heterocycles. The van der Waals surface area contributed by atoms with Crippen LogP contribution in [0.4, 0.5) is 5.69 Å². The smallest absolute Gasteiger partial charge is 0.332 e. The van der Waals surface area contributed by atoms with Crippen molar-refractivity contribution in [3.63, 3.8) is 0 Å². The van der Waals surface area contributed by atoms with E-state index in [4.69, 9.17) is 4.74 Å². The van der Waals surface area contributed by atoms with E-state index >= 15 is 0 Å². The number of nitrogens with one attached hydrogen (secondary N) is 1. The quantitative estimate of drug-likeness (QED) is 0.845. The van der Waals surface area contributed by atoms with E-state index < -0.39 is 5.54 Å². The van der Waals surface area contributed by atoms with Gasteiger partial charge in [-0.15, -0.1) is 0 Å². The van der Waals surface area contributed by atoms with Gasteiger partial charge in [0.1, 0.15) is 5.54 Å². The number of nitrogens with zero attached hydrogens (tertiary/aromatic N) is 1. The summed E-state index contributed by atoms with van der Waals surface area (Å²) >= 11 is 3.43. The van der Waals surface area contributed by atoms with Gasteiger partial charge >= 0.3 is 5.97 Å². The standard InChI is InChI=1S/C16H21BrN2O2/c1-11-9-16(15(20)21-2,10-19(11)14-7-8-14)18-13-5-3-12(17)4-6-13/h3-6,11,14,18H,7-10H2,1-2H3. The van der Waals surface area contributed by atoms with E-state index in [1.54, 1.807) is 0 Å². The highest BCUT2D eigenvalue weighted by Gasteiger charge is 2.52. The number of rotatable bonds is 4. The highest BCUT2D eigenvalue weighted by atomic mass is 79.9. The van der Waals surface area contributed by atoms with Crippen LogP contribution in [-0.2, 0) is 9.53 Å². The van der Waals surface area contributed by atoms with Crippen LogP contribution in [0.15, 0.2) is 28.7 Å². The SMILES string of the molecule is COC(=O)C1(Nc2ccc(Br)cc2)CC(C)N(C2CC2)C1. The molecule has 2 atom stereocenters. The highest BCUT2D eigenvalue weighted by Crippen LogP contribution is 2.39. The van der Waals surface area contributed by atoms with Gasteiger partial charge in [0.05, 0.1) is 7.11 Å². The van der Waals surface area contributed by atoms with E-state index in [0.717, 1.165) is 23.1 Å². The Bertz CT molecular complexity index is 530.